The van der Waals surface area contributed by atoms with E-state index in [1.807, 2.05) is 25.1 Å². The zero-order valence-corrected chi connectivity index (χ0v) is 16.1. The van der Waals surface area contributed by atoms with Gasteiger partial charge in [-0.3, -0.25) is 9.78 Å². The maximum Gasteiger partial charge on any atom is 0.251 e. The van der Waals surface area contributed by atoms with Crippen LogP contribution in [0.25, 0.3) is 0 Å². The van der Waals surface area contributed by atoms with Crippen LogP contribution in [0.15, 0.2) is 42.7 Å². The Morgan fingerprint density at radius 1 is 1.11 bits per heavy atom. The van der Waals surface area contributed by atoms with Crippen molar-refractivity contribution in [2.75, 3.05) is 6.61 Å². The quantitative estimate of drug-likeness (QED) is 0.788. The van der Waals surface area contributed by atoms with Gasteiger partial charge in [-0.25, -0.2) is 0 Å². The lowest BCUT2D eigenvalue weighted by molar-refractivity contribution is 0.0909. The van der Waals surface area contributed by atoms with Crippen molar-refractivity contribution in [3.63, 3.8) is 0 Å². The van der Waals surface area contributed by atoms with Gasteiger partial charge in [0, 0.05) is 24.0 Å². The molecule has 1 amide bonds. The molecule has 5 heteroatoms. The molecule has 5 nitrogen and oxygen atoms in total. The third kappa shape index (κ3) is 5.22. The van der Waals surface area contributed by atoms with E-state index in [1.54, 1.807) is 24.5 Å². The molecule has 27 heavy (non-hydrogen) atoms. The number of carbonyl (C=O) groups excluding carboxylic acids is 1. The van der Waals surface area contributed by atoms with Gasteiger partial charge in [0.2, 0.25) is 0 Å². The molecule has 3 rings (SSSR count). The van der Waals surface area contributed by atoms with E-state index in [-0.39, 0.29) is 11.9 Å². The van der Waals surface area contributed by atoms with Crippen LogP contribution in [0.4, 0.5) is 0 Å². The Morgan fingerprint density at radius 3 is 2.63 bits per heavy atom. The highest BCUT2D eigenvalue weighted by Crippen LogP contribution is 2.30. The van der Waals surface area contributed by atoms with Gasteiger partial charge in [-0.2, -0.15) is 0 Å². The summed E-state index contributed by atoms with van der Waals surface area (Å²) in [6.07, 6.45) is 8.14. The van der Waals surface area contributed by atoms with Gasteiger partial charge in [0.05, 0.1) is 6.61 Å². The number of amides is 1. The minimum absolute atomic E-state index is 0.0459. The SMILES string of the molecule is CCOc1cc(C(=O)N[C@@H]2CCCC[C@@H]2C)ccc1OCc1ccncc1. The van der Waals surface area contributed by atoms with Crippen LogP contribution < -0.4 is 14.8 Å². The van der Waals surface area contributed by atoms with Gasteiger partial charge in [-0.1, -0.05) is 19.8 Å². The molecule has 1 N–H and O–H groups in total. The molecule has 0 bridgehead atoms. The summed E-state index contributed by atoms with van der Waals surface area (Å²) in [7, 11) is 0. The van der Waals surface area contributed by atoms with Crippen molar-refractivity contribution in [1.29, 1.82) is 0 Å². The van der Waals surface area contributed by atoms with Crippen LogP contribution >= 0.6 is 0 Å². The second kappa shape index (κ2) is 9.40. The molecule has 1 aliphatic rings. The molecule has 0 radical (unpaired) electrons. The number of benzene rings is 1. The van der Waals surface area contributed by atoms with Crippen molar-refractivity contribution in [2.24, 2.45) is 5.92 Å². The number of nitrogens with zero attached hydrogens (tertiary/aromatic N) is 1. The number of nitrogens with one attached hydrogen (secondary N) is 1. The zero-order valence-electron chi connectivity index (χ0n) is 16.1. The van der Waals surface area contributed by atoms with E-state index >= 15 is 0 Å². The summed E-state index contributed by atoms with van der Waals surface area (Å²) < 4.78 is 11.6. The molecule has 1 heterocycles. The number of hydrogen-bond acceptors (Lipinski definition) is 4. The third-order valence-corrected chi connectivity index (χ3v) is 5.08. The lowest BCUT2D eigenvalue weighted by atomic mass is 9.86. The summed E-state index contributed by atoms with van der Waals surface area (Å²) in [5.41, 5.74) is 1.63. The minimum atomic E-state index is -0.0459. The van der Waals surface area contributed by atoms with Crippen LogP contribution in [-0.4, -0.2) is 23.5 Å². The van der Waals surface area contributed by atoms with E-state index < -0.39 is 0 Å². The van der Waals surface area contributed by atoms with Crippen molar-refractivity contribution >= 4 is 5.91 Å². The smallest absolute Gasteiger partial charge is 0.251 e. The van der Waals surface area contributed by atoms with E-state index in [2.05, 4.69) is 17.2 Å². The zero-order chi connectivity index (χ0) is 19.1. The van der Waals surface area contributed by atoms with E-state index in [0.29, 0.717) is 36.2 Å². The molecule has 0 unspecified atom stereocenters. The Hall–Kier alpha value is -2.56. The fraction of sp³-hybridized carbons (Fsp3) is 0.455. The molecular weight excluding hydrogens is 340 g/mol. The van der Waals surface area contributed by atoms with Crippen LogP contribution in [0.2, 0.25) is 0 Å². The normalized spacial score (nSPS) is 19.3. The Kier molecular flexibility index (Phi) is 6.69. The van der Waals surface area contributed by atoms with Crippen LogP contribution in [0.5, 0.6) is 11.5 Å². The second-order valence-corrected chi connectivity index (χ2v) is 7.08. The number of carbonyl (C=O) groups is 1. The highest BCUT2D eigenvalue weighted by molar-refractivity contribution is 5.95. The monoisotopic (exact) mass is 368 g/mol. The largest absolute Gasteiger partial charge is 0.490 e. The van der Waals surface area contributed by atoms with Gasteiger partial charge in [0.25, 0.3) is 5.91 Å². The maximum atomic E-state index is 12.7. The lowest BCUT2D eigenvalue weighted by Crippen LogP contribution is -2.41. The van der Waals surface area contributed by atoms with E-state index in [1.165, 1.54) is 19.3 Å². The van der Waals surface area contributed by atoms with Gasteiger partial charge in [-0.05, 0) is 61.6 Å². The molecule has 1 saturated carbocycles. The van der Waals surface area contributed by atoms with E-state index in [9.17, 15) is 4.79 Å². The average molecular weight is 368 g/mol. The molecule has 0 saturated heterocycles. The molecule has 1 aliphatic carbocycles. The topological polar surface area (TPSA) is 60.5 Å². The molecule has 0 spiro atoms. The first-order valence-corrected chi connectivity index (χ1v) is 9.76. The Balaban J connectivity index is 1.69. The Labute approximate surface area is 161 Å². The molecule has 2 aromatic rings. The summed E-state index contributed by atoms with van der Waals surface area (Å²) in [4.78, 5) is 16.7. The number of pyridine rings is 1. The highest BCUT2D eigenvalue weighted by Gasteiger charge is 2.23. The average Bonchev–Trinajstić information content (AvgIpc) is 2.69. The number of ether oxygens (including phenoxy) is 2. The van der Waals surface area contributed by atoms with Crippen molar-refractivity contribution < 1.29 is 14.3 Å². The molecule has 0 aliphatic heterocycles. The first kappa shape index (κ1) is 19.2. The lowest BCUT2D eigenvalue weighted by Gasteiger charge is -2.29. The molecule has 2 atom stereocenters. The Bertz CT molecular complexity index is 748. The number of rotatable bonds is 7. The predicted molar refractivity (Wildman–Crippen MR) is 105 cm³/mol. The number of hydrogen-bond donors (Lipinski definition) is 1. The molecule has 1 aromatic heterocycles. The summed E-state index contributed by atoms with van der Waals surface area (Å²) in [5, 5.41) is 3.19. The van der Waals surface area contributed by atoms with Gasteiger partial charge in [-0.15, -0.1) is 0 Å². The van der Waals surface area contributed by atoms with E-state index in [0.717, 1.165) is 12.0 Å². The summed E-state index contributed by atoms with van der Waals surface area (Å²) >= 11 is 0. The fourth-order valence-electron chi connectivity index (χ4n) is 3.46. The molecular formula is C22H28N2O3. The summed E-state index contributed by atoms with van der Waals surface area (Å²) in [5.74, 6) is 1.71. The first-order chi connectivity index (χ1) is 13.2. The van der Waals surface area contributed by atoms with Gasteiger partial charge < -0.3 is 14.8 Å². The van der Waals surface area contributed by atoms with Crippen LogP contribution in [0.3, 0.4) is 0 Å². The Morgan fingerprint density at radius 2 is 1.89 bits per heavy atom. The summed E-state index contributed by atoms with van der Waals surface area (Å²) in [6, 6.07) is 9.46. The van der Waals surface area contributed by atoms with Crippen molar-refractivity contribution in [1.82, 2.24) is 10.3 Å². The van der Waals surface area contributed by atoms with E-state index in [4.69, 9.17) is 9.47 Å². The van der Waals surface area contributed by atoms with Crippen molar-refractivity contribution in [3.8, 4) is 11.5 Å². The molecule has 144 valence electrons. The van der Waals surface area contributed by atoms with Gasteiger partial charge >= 0.3 is 0 Å². The van der Waals surface area contributed by atoms with Crippen LogP contribution in [0.1, 0.15) is 55.5 Å². The van der Waals surface area contributed by atoms with Crippen molar-refractivity contribution in [3.05, 3.63) is 53.9 Å². The summed E-state index contributed by atoms with van der Waals surface area (Å²) in [6.45, 7) is 5.07. The minimum Gasteiger partial charge on any atom is -0.490 e. The molecule has 1 aromatic carbocycles. The fourth-order valence-corrected chi connectivity index (χ4v) is 3.46. The van der Waals surface area contributed by atoms with Crippen molar-refractivity contribution in [2.45, 2.75) is 52.2 Å². The van der Waals surface area contributed by atoms with Gasteiger partial charge in [0.15, 0.2) is 11.5 Å². The highest BCUT2D eigenvalue weighted by atomic mass is 16.5. The predicted octanol–water partition coefficient (Wildman–Crippen LogP) is 4.37. The van der Waals surface area contributed by atoms with Crippen LogP contribution in [0, 0.1) is 5.92 Å². The first-order valence-electron chi connectivity index (χ1n) is 9.76. The number of aromatic nitrogens is 1. The third-order valence-electron chi connectivity index (χ3n) is 5.08. The maximum absolute atomic E-state index is 12.7. The van der Waals surface area contributed by atoms with Crippen LogP contribution in [-0.2, 0) is 6.61 Å². The van der Waals surface area contributed by atoms with Gasteiger partial charge in [0.1, 0.15) is 6.61 Å². The standard InChI is InChI=1S/C22H28N2O3/c1-3-26-21-14-18(22(25)24-19-7-5-4-6-16(19)2)8-9-20(21)27-15-17-10-12-23-13-11-17/h8-14,16,19H,3-7,15H2,1-2H3,(H,24,25)/t16-,19+/m0/s1. The molecule has 1 fully saturated rings. The second-order valence-electron chi connectivity index (χ2n) is 7.08.